The molecule has 0 fully saturated rings. The van der Waals surface area contributed by atoms with Gasteiger partial charge in [0.2, 0.25) is 0 Å². The smallest absolute Gasteiger partial charge is 0.406 e. The van der Waals surface area contributed by atoms with E-state index >= 15 is 0 Å². The molecule has 5 nitrogen and oxygen atoms in total. The van der Waals surface area contributed by atoms with Gasteiger partial charge in [0.25, 0.3) is 5.56 Å². The van der Waals surface area contributed by atoms with E-state index in [9.17, 15) is 18.0 Å². The fourth-order valence-corrected chi connectivity index (χ4v) is 2.03. The minimum absolute atomic E-state index is 0.00507. The molecule has 2 rings (SSSR count). The monoisotopic (exact) mass is 333 g/mol. The summed E-state index contributed by atoms with van der Waals surface area (Å²) in [6.07, 6.45) is -3.33. The Morgan fingerprint density at radius 2 is 1.95 bits per heavy atom. The topological polar surface area (TPSA) is 58.2 Å². The van der Waals surface area contributed by atoms with E-state index in [0.717, 1.165) is 0 Å². The lowest BCUT2D eigenvalue weighted by molar-refractivity contribution is -0.274. The van der Waals surface area contributed by atoms with Crippen LogP contribution >= 0.6 is 11.6 Å². The van der Waals surface area contributed by atoms with Gasteiger partial charge in [-0.1, -0.05) is 23.7 Å². The van der Waals surface area contributed by atoms with E-state index in [1.165, 1.54) is 30.5 Å². The van der Waals surface area contributed by atoms with Gasteiger partial charge in [0, 0.05) is 13.6 Å². The van der Waals surface area contributed by atoms with Crippen molar-refractivity contribution in [3.8, 4) is 5.75 Å². The third kappa shape index (κ3) is 4.14. The molecule has 118 valence electrons. The SMILES string of the molecule is CN(Cc1ccc(OC(F)(F)F)cc1)c1cn[nH]c(=O)c1Cl. The number of benzene rings is 1. The number of nitrogens with zero attached hydrogens (tertiary/aromatic N) is 2. The Bertz CT molecular complexity index is 701. The summed E-state index contributed by atoms with van der Waals surface area (Å²) in [4.78, 5) is 13.0. The van der Waals surface area contributed by atoms with Gasteiger partial charge in [0.1, 0.15) is 10.8 Å². The number of rotatable bonds is 4. The zero-order valence-electron chi connectivity index (χ0n) is 11.3. The second-order valence-electron chi connectivity index (χ2n) is 4.45. The van der Waals surface area contributed by atoms with Crippen LogP contribution in [0.3, 0.4) is 0 Å². The maximum absolute atomic E-state index is 12.1. The Balaban J connectivity index is 2.10. The van der Waals surface area contributed by atoms with E-state index in [-0.39, 0.29) is 10.8 Å². The first-order valence-corrected chi connectivity index (χ1v) is 6.43. The van der Waals surface area contributed by atoms with Crippen molar-refractivity contribution in [2.45, 2.75) is 12.9 Å². The summed E-state index contributed by atoms with van der Waals surface area (Å²) in [6.45, 7) is 0.331. The number of halogens is 4. The second-order valence-corrected chi connectivity index (χ2v) is 4.82. The molecule has 0 bridgehead atoms. The first kappa shape index (κ1) is 16.2. The lowest BCUT2D eigenvalue weighted by Crippen LogP contribution is -2.21. The van der Waals surface area contributed by atoms with Crippen molar-refractivity contribution in [1.82, 2.24) is 10.2 Å². The highest BCUT2D eigenvalue weighted by atomic mass is 35.5. The van der Waals surface area contributed by atoms with Crippen molar-refractivity contribution in [2.75, 3.05) is 11.9 Å². The minimum atomic E-state index is -4.72. The third-order valence-corrected chi connectivity index (χ3v) is 3.13. The quantitative estimate of drug-likeness (QED) is 0.934. The van der Waals surface area contributed by atoms with Crippen LogP contribution in [0.15, 0.2) is 35.3 Å². The number of alkyl halides is 3. The van der Waals surface area contributed by atoms with Gasteiger partial charge >= 0.3 is 6.36 Å². The molecule has 0 atom stereocenters. The fraction of sp³-hybridized carbons (Fsp3) is 0.231. The molecule has 0 saturated heterocycles. The van der Waals surface area contributed by atoms with Crippen LogP contribution in [0.2, 0.25) is 5.02 Å². The molecule has 0 aliphatic carbocycles. The molecule has 0 radical (unpaired) electrons. The zero-order chi connectivity index (χ0) is 16.3. The van der Waals surface area contributed by atoms with Gasteiger partial charge in [-0.25, -0.2) is 5.10 Å². The van der Waals surface area contributed by atoms with Crippen molar-refractivity contribution < 1.29 is 17.9 Å². The summed E-state index contributed by atoms with van der Waals surface area (Å²) in [5, 5.41) is 5.85. The van der Waals surface area contributed by atoms with E-state index in [2.05, 4.69) is 14.9 Å². The van der Waals surface area contributed by atoms with Crippen molar-refractivity contribution >= 4 is 17.3 Å². The molecule has 0 unspecified atom stereocenters. The lowest BCUT2D eigenvalue weighted by atomic mass is 10.2. The summed E-state index contributed by atoms with van der Waals surface area (Å²) >= 11 is 5.88. The van der Waals surface area contributed by atoms with Crippen LogP contribution in [0.4, 0.5) is 18.9 Å². The number of H-pyrrole nitrogens is 1. The summed E-state index contributed by atoms with van der Waals surface area (Å²) < 4.78 is 40.0. The van der Waals surface area contributed by atoms with Crippen LogP contribution in [-0.4, -0.2) is 23.6 Å². The largest absolute Gasteiger partial charge is 0.573 e. The van der Waals surface area contributed by atoms with Gasteiger partial charge < -0.3 is 9.64 Å². The molecular formula is C13H11ClF3N3O2. The van der Waals surface area contributed by atoms with E-state index in [1.54, 1.807) is 11.9 Å². The maximum atomic E-state index is 12.1. The number of ether oxygens (including phenoxy) is 1. The molecule has 2 aromatic rings. The standard InChI is InChI=1S/C13H11ClF3N3O2/c1-20(10-6-18-19-12(21)11(10)14)7-8-2-4-9(5-3-8)22-13(15,16)17/h2-6H,7H2,1H3,(H,19,21). The molecule has 0 saturated carbocycles. The fourth-order valence-electron chi connectivity index (χ4n) is 1.80. The lowest BCUT2D eigenvalue weighted by Gasteiger charge is -2.19. The summed E-state index contributed by atoms with van der Waals surface area (Å²) in [5.41, 5.74) is 0.620. The zero-order valence-corrected chi connectivity index (χ0v) is 12.1. The highest BCUT2D eigenvalue weighted by Gasteiger charge is 2.30. The Morgan fingerprint density at radius 3 is 2.55 bits per heavy atom. The highest BCUT2D eigenvalue weighted by molar-refractivity contribution is 6.32. The maximum Gasteiger partial charge on any atom is 0.573 e. The molecular weight excluding hydrogens is 323 g/mol. The highest BCUT2D eigenvalue weighted by Crippen LogP contribution is 2.24. The molecule has 0 spiro atoms. The van der Waals surface area contributed by atoms with Gasteiger partial charge in [-0.05, 0) is 17.7 Å². The predicted molar refractivity (Wildman–Crippen MR) is 75.1 cm³/mol. The van der Waals surface area contributed by atoms with Crippen LogP contribution in [0.25, 0.3) is 0 Å². The number of nitrogens with one attached hydrogen (secondary N) is 1. The minimum Gasteiger partial charge on any atom is -0.406 e. The summed E-state index contributed by atoms with van der Waals surface area (Å²) in [5.74, 6) is -0.297. The number of hydrogen-bond acceptors (Lipinski definition) is 4. The van der Waals surface area contributed by atoms with Crippen LogP contribution in [0, 0.1) is 0 Å². The molecule has 1 aromatic heterocycles. The Kier molecular flexibility index (Phi) is 4.60. The third-order valence-electron chi connectivity index (χ3n) is 2.77. The van der Waals surface area contributed by atoms with Gasteiger partial charge in [-0.2, -0.15) is 5.10 Å². The summed E-state index contributed by atoms with van der Waals surface area (Å²) in [7, 11) is 1.68. The van der Waals surface area contributed by atoms with Crippen molar-refractivity contribution in [2.24, 2.45) is 0 Å². The van der Waals surface area contributed by atoms with E-state index < -0.39 is 11.9 Å². The van der Waals surface area contributed by atoms with Crippen molar-refractivity contribution in [1.29, 1.82) is 0 Å². The molecule has 9 heteroatoms. The molecule has 0 aliphatic rings. The predicted octanol–water partition coefficient (Wildman–Crippen LogP) is 2.96. The number of aromatic nitrogens is 2. The molecule has 1 aromatic carbocycles. The molecule has 0 amide bonds. The normalized spacial score (nSPS) is 11.3. The molecule has 22 heavy (non-hydrogen) atoms. The van der Waals surface area contributed by atoms with E-state index in [1.807, 2.05) is 0 Å². The average molecular weight is 334 g/mol. The van der Waals surface area contributed by atoms with Gasteiger partial charge in [-0.15, -0.1) is 13.2 Å². The molecule has 1 N–H and O–H groups in total. The van der Waals surface area contributed by atoms with E-state index in [0.29, 0.717) is 17.8 Å². The van der Waals surface area contributed by atoms with Crippen LogP contribution in [0.1, 0.15) is 5.56 Å². The number of hydrogen-bond donors (Lipinski definition) is 1. The Hall–Kier alpha value is -2.22. The van der Waals surface area contributed by atoms with Gasteiger partial charge in [0.15, 0.2) is 0 Å². The summed E-state index contributed by atoms with van der Waals surface area (Å²) in [6, 6.07) is 5.42. The van der Waals surface area contributed by atoms with Crippen molar-refractivity contribution in [3.63, 3.8) is 0 Å². The number of anilines is 1. The Labute approximate surface area is 128 Å². The molecule has 1 heterocycles. The molecule has 0 aliphatic heterocycles. The van der Waals surface area contributed by atoms with Crippen LogP contribution in [-0.2, 0) is 6.54 Å². The second kappa shape index (κ2) is 6.27. The van der Waals surface area contributed by atoms with Crippen molar-refractivity contribution in [3.05, 3.63) is 51.4 Å². The average Bonchev–Trinajstić information content (AvgIpc) is 2.42. The van der Waals surface area contributed by atoms with Gasteiger partial charge in [0.05, 0.1) is 11.9 Å². The van der Waals surface area contributed by atoms with Gasteiger partial charge in [-0.3, -0.25) is 4.79 Å². The first-order chi connectivity index (χ1) is 10.3. The van der Waals surface area contributed by atoms with E-state index in [4.69, 9.17) is 11.6 Å². The first-order valence-electron chi connectivity index (χ1n) is 6.05. The van der Waals surface area contributed by atoms with Crippen LogP contribution in [0.5, 0.6) is 5.75 Å². The number of aromatic amines is 1. The Morgan fingerprint density at radius 1 is 1.32 bits per heavy atom. The van der Waals surface area contributed by atoms with Crippen LogP contribution < -0.4 is 15.2 Å².